The lowest BCUT2D eigenvalue weighted by Crippen LogP contribution is -2.62. The number of hydrogen-bond acceptors (Lipinski definition) is 5. The predicted octanol–water partition coefficient (Wildman–Crippen LogP) is 4.63. The standard InChI is InChI=1S/C37H47N3O5/c1-8-20-38(27-18-14-11-15-19-27)32(42)29-30-33(43)40(28(24-41)22-26-16-12-10-13-17-26)31(34(44)39(21-9-2)35(4,5)6)37(30)23-25(3)36(29,7)45-37/h8-19,25,28-31,41H,1-2,20-24H2,3-7H3/t25?,28-,29-,30+,31?,36+,37?/m1/s1. The first kappa shape index (κ1) is 32.6. The van der Waals surface area contributed by atoms with Gasteiger partial charge in [0, 0.05) is 24.3 Å². The number of carbonyl (C=O) groups excluding carboxylic acids is 3. The van der Waals surface area contributed by atoms with Crippen molar-refractivity contribution >= 4 is 23.4 Å². The summed E-state index contributed by atoms with van der Waals surface area (Å²) in [5.41, 5.74) is -1.17. The molecule has 8 heteroatoms. The molecule has 8 nitrogen and oxygen atoms in total. The SMILES string of the molecule is C=CCN(C(=O)[C@H]1[C@H]2C(=O)N([C@@H](CO)Cc3ccccc3)C(C(=O)N(CC=C)C(C)(C)C)C23CC(C)[C@]1(C)O3)c1ccccc1. The molecule has 3 saturated heterocycles. The molecule has 0 aliphatic carbocycles. The summed E-state index contributed by atoms with van der Waals surface area (Å²) in [6.07, 6.45) is 4.15. The van der Waals surface area contributed by atoms with Crippen LogP contribution < -0.4 is 4.90 Å². The summed E-state index contributed by atoms with van der Waals surface area (Å²) in [6.45, 7) is 17.8. The van der Waals surface area contributed by atoms with Crippen molar-refractivity contribution in [1.29, 1.82) is 0 Å². The number of ether oxygens (including phenoxy) is 1. The number of anilines is 1. The highest BCUT2D eigenvalue weighted by Crippen LogP contribution is 2.66. The molecule has 0 saturated carbocycles. The Morgan fingerprint density at radius 1 is 1.04 bits per heavy atom. The zero-order valence-electron chi connectivity index (χ0n) is 27.2. The van der Waals surface area contributed by atoms with Crippen molar-refractivity contribution in [3.8, 4) is 0 Å². The Hall–Kier alpha value is -3.75. The van der Waals surface area contributed by atoms with E-state index < -0.39 is 40.7 Å². The maximum absolute atomic E-state index is 14.9. The van der Waals surface area contributed by atoms with Crippen LogP contribution in [0.5, 0.6) is 0 Å². The van der Waals surface area contributed by atoms with Gasteiger partial charge in [-0.1, -0.05) is 67.6 Å². The number of nitrogens with zero attached hydrogens (tertiary/aromatic N) is 3. The molecule has 240 valence electrons. The van der Waals surface area contributed by atoms with Crippen LogP contribution >= 0.6 is 0 Å². The summed E-state index contributed by atoms with van der Waals surface area (Å²) in [5, 5.41) is 10.8. The number of para-hydroxylation sites is 1. The van der Waals surface area contributed by atoms with Gasteiger partial charge in [-0.15, -0.1) is 13.2 Å². The van der Waals surface area contributed by atoms with E-state index in [0.29, 0.717) is 18.5 Å². The summed E-state index contributed by atoms with van der Waals surface area (Å²) >= 11 is 0. The first-order valence-corrected chi connectivity index (χ1v) is 15.9. The molecule has 5 rings (SSSR count). The molecule has 0 aromatic heterocycles. The summed E-state index contributed by atoms with van der Waals surface area (Å²) in [5.74, 6) is -2.67. The fourth-order valence-corrected chi connectivity index (χ4v) is 8.06. The smallest absolute Gasteiger partial charge is 0.249 e. The highest BCUT2D eigenvalue weighted by atomic mass is 16.5. The van der Waals surface area contributed by atoms with Gasteiger partial charge in [-0.05, 0) is 64.2 Å². The molecular weight excluding hydrogens is 566 g/mol. The first-order valence-electron chi connectivity index (χ1n) is 15.9. The summed E-state index contributed by atoms with van der Waals surface area (Å²) < 4.78 is 7.01. The van der Waals surface area contributed by atoms with Gasteiger partial charge in [0.1, 0.15) is 11.6 Å². The second kappa shape index (κ2) is 12.2. The van der Waals surface area contributed by atoms with Gasteiger partial charge in [-0.2, -0.15) is 0 Å². The third-order valence-electron chi connectivity index (χ3n) is 10.2. The van der Waals surface area contributed by atoms with Crippen LogP contribution in [-0.4, -0.2) is 81.1 Å². The van der Waals surface area contributed by atoms with Crippen LogP contribution in [0.3, 0.4) is 0 Å². The van der Waals surface area contributed by atoms with Crippen molar-refractivity contribution in [2.24, 2.45) is 17.8 Å². The van der Waals surface area contributed by atoms with Gasteiger partial charge in [0.25, 0.3) is 0 Å². The van der Waals surface area contributed by atoms with Crippen molar-refractivity contribution in [1.82, 2.24) is 9.80 Å². The molecule has 1 spiro atoms. The minimum Gasteiger partial charge on any atom is -0.394 e. The Morgan fingerprint density at radius 2 is 1.64 bits per heavy atom. The van der Waals surface area contributed by atoms with E-state index in [4.69, 9.17) is 4.74 Å². The van der Waals surface area contributed by atoms with Crippen LogP contribution in [0.4, 0.5) is 5.69 Å². The number of rotatable bonds is 11. The van der Waals surface area contributed by atoms with Gasteiger partial charge in [0.2, 0.25) is 17.7 Å². The number of aliphatic hydroxyl groups is 1. The minimum absolute atomic E-state index is 0.115. The summed E-state index contributed by atoms with van der Waals surface area (Å²) in [7, 11) is 0. The van der Waals surface area contributed by atoms with Crippen molar-refractivity contribution in [3.05, 3.63) is 91.5 Å². The Labute approximate surface area is 267 Å². The highest BCUT2D eigenvalue weighted by molar-refractivity contribution is 6.03. The molecular formula is C37H47N3O5. The van der Waals surface area contributed by atoms with Crippen LogP contribution in [-0.2, 0) is 25.5 Å². The van der Waals surface area contributed by atoms with E-state index in [1.165, 1.54) is 0 Å². The van der Waals surface area contributed by atoms with Crippen molar-refractivity contribution in [2.45, 2.75) is 76.3 Å². The molecule has 3 unspecified atom stereocenters. The number of carbonyl (C=O) groups is 3. The second-order valence-corrected chi connectivity index (χ2v) is 14.0. The zero-order valence-corrected chi connectivity index (χ0v) is 27.2. The monoisotopic (exact) mass is 613 g/mol. The van der Waals surface area contributed by atoms with Gasteiger partial charge in [-0.3, -0.25) is 14.4 Å². The highest BCUT2D eigenvalue weighted by Gasteiger charge is 2.80. The molecule has 2 bridgehead atoms. The Balaban J connectivity index is 1.67. The molecule has 3 aliphatic rings. The Bertz CT molecular complexity index is 1440. The number of fused-ring (bicyclic) bond motifs is 1. The largest absolute Gasteiger partial charge is 0.394 e. The zero-order chi connectivity index (χ0) is 32.7. The van der Waals surface area contributed by atoms with Crippen LogP contribution in [0.25, 0.3) is 0 Å². The maximum Gasteiger partial charge on any atom is 0.249 e. The Morgan fingerprint density at radius 3 is 2.20 bits per heavy atom. The van der Waals surface area contributed by atoms with Crippen molar-refractivity contribution in [2.75, 3.05) is 24.6 Å². The third kappa shape index (κ3) is 5.32. The summed E-state index contributed by atoms with van der Waals surface area (Å²) in [4.78, 5) is 49.5. The number of likely N-dealkylation sites (tertiary alicyclic amines) is 1. The Kier molecular flexibility index (Phi) is 8.86. The summed E-state index contributed by atoms with van der Waals surface area (Å²) in [6, 6.07) is 17.3. The molecule has 0 radical (unpaired) electrons. The van der Waals surface area contributed by atoms with E-state index in [9.17, 15) is 19.5 Å². The predicted molar refractivity (Wildman–Crippen MR) is 175 cm³/mol. The molecule has 3 heterocycles. The van der Waals surface area contributed by atoms with Crippen LogP contribution in [0.15, 0.2) is 86.0 Å². The van der Waals surface area contributed by atoms with E-state index in [-0.39, 0.29) is 43.3 Å². The fraction of sp³-hybridized carbons (Fsp3) is 0.486. The molecule has 3 amide bonds. The van der Waals surface area contributed by atoms with Crippen molar-refractivity contribution < 1.29 is 24.2 Å². The molecule has 3 aliphatic heterocycles. The van der Waals surface area contributed by atoms with E-state index in [1.807, 2.05) is 95.3 Å². The number of aliphatic hydroxyl groups excluding tert-OH is 1. The normalized spacial score (nSPS) is 29.3. The number of hydrogen-bond donors (Lipinski definition) is 1. The molecule has 2 aromatic carbocycles. The van der Waals surface area contributed by atoms with Gasteiger partial charge < -0.3 is 24.5 Å². The van der Waals surface area contributed by atoms with E-state index in [0.717, 1.165) is 5.56 Å². The topological polar surface area (TPSA) is 90.4 Å². The second-order valence-electron chi connectivity index (χ2n) is 14.0. The average Bonchev–Trinajstić information content (AvgIpc) is 3.53. The van der Waals surface area contributed by atoms with Gasteiger partial charge >= 0.3 is 0 Å². The van der Waals surface area contributed by atoms with Gasteiger partial charge in [0.05, 0.1) is 30.1 Å². The lowest BCUT2D eigenvalue weighted by Gasteiger charge is -2.43. The van der Waals surface area contributed by atoms with Crippen molar-refractivity contribution in [3.63, 3.8) is 0 Å². The number of benzene rings is 2. The lowest BCUT2D eigenvalue weighted by atomic mass is 9.62. The lowest BCUT2D eigenvalue weighted by molar-refractivity contribution is -0.158. The van der Waals surface area contributed by atoms with Gasteiger partial charge in [0.15, 0.2) is 0 Å². The van der Waals surface area contributed by atoms with Crippen LogP contribution in [0.2, 0.25) is 0 Å². The van der Waals surface area contributed by atoms with Crippen LogP contribution in [0.1, 0.15) is 46.6 Å². The molecule has 3 fully saturated rings. The average molecular weight is 614 g/mol. The quantitative estimate of drug-likeness (QED) is 0.374. The van der Waals surface area contributed by atoms with E-state index >= 15 is 0 Å². The minimum atomic E-state index is -1.24. The van der Waals surface area contributed by atoms with E-state index in [2.05, 4.69) is 13.2 Å². The van der Waals surface area contributed by atoms with E-state index in [1.54, 1.807) is 26.9 Å². The molecule has 7 atom stereocenters. The fourth-order valence-electron chi connectivity index (χ4n) is 8.06. The van der Waals surface area contributed by atoms with Crippen LogP contribution in [0, 0.1) is 17.8 Å². The number of amides is 3. The maximum atomic E-state index is 14.9. The molecule has 2 aromatic rings. The van der Waals surface area contributed by atoms with Gasteiger partial charge in [-0.25, -0.2) is 0 Å². The molecule has 1 N–H and O–H groups in total. The third-order valence-corrected chi connectivity index (χ3v) is 10.2. The molecule has 45 heavy (non-hydrogen) atoms. The first-order chi connectivity index (χ1) is 21.4.